The Hall–Kier alpha value is -2.16. The topological polar surface area (TPSA) is 82.8 Å². The number of fused-ring (bicyclic) bond motifs is 3. The van der Waals surface area contributed by atoms with E-state index in [9.17, 15) is 15.2 Å². The number of nitrogens with zero attached hydrogens (tertiary/aromatic N) is 1. The molecule has 30 heavy (non-hydrogen) atoms. The maximum atomic E-state index is 13.7. The first kappa shape index (κ1) is 18.6. The minimum atomic E-state index is -1.28. The molecular weight excluding hydrogens is 378 g/mol. The number of allylic oxidation sites excluding steroid dienone is 2. The molecule has 5 heteroatoms. The quantitative estimate of drug-likeness (QED) is 0.616. The van der Waals surface area contributed by atoms with E-state index in [2.05, 4.69) is 37.3 Å². The van der Waals surface area contributed by atoms with Gasteiger partial charge in [0, 0.05) is 22.7 Å². The molecule has 8 atom stereocenters. The van der Waals surface area contributed by atoms with Gasteiger partial charge in [0.2, 0.25) is 0 Å². The lowest BCUT2D eigenvalue weighted by molar-refractivity contribution is -0.142. The molecule has 1 aromatic rings. The number of methoxy groups -OCH3 is 1. The zero-order valence-corrected chi connectivity index (χ0v) is 17.4. The monoisotopic (exact) mass is 405 g/mol. The first-order chi connectivity index (χ1) is 14.4. The van der Waals surface area contributed by atoms with Gasteiger partial charge in [0.1, 0.15) is 23.6 Å². The smallest absolute Gasteiger partial charge is 0.169 e. The Morgan fingerprint density at radius 2 is 1.97 bits per heavy atom. The van der Waals surface area contributed by atoms with Crippen LogP contribution in [0.15, 0.2) is 36.4 Å². The molecule has 0 spiro atoms. The zero-order chi connectivity index (χ0) is 20.9. The summed E-state index contributed by atoms with van der Waals surface area (Å²) in [4.78, 5) is 13.7. The predicted octanol–water partition coefficient (Wildman–Crippen LogP) is 3.31. The minimum absolute atomic E-state index is 0.00692. The summed E-state index contributed by atoms with van der Waals surface area (Å²) in [5.74, 6) is 0.232. The second-order valence-corrected chi connectivity index (χ2v) is 10.2. The number of carbonyl (C=O) groups is 1. The fourth-order valence-corrected chi connectivity index (χ4v) is 8.32. The SMILES string of the molecule is COc1ccc([C@@]23C=C[C@@]4(CCCC[C@@]42C)[C@@H]2[C@H]3C(=O)[C@H]3O[C@H]3[C@@]2(O)CC#N)cc1. The van der Waals surface area contributed by atoms with E-state index < -0.39 is 23.2 Å². The molecule has 5 aliphatic rings. The van der Waals surface area contributed by atoms with E-state index in [1.807, 2.05) is 12.1 Å². The third-order valence-corrected chi connectivity index (χ3v) is 9.52. The van der Waals surface area contributed by atoms with Gasteiger partial charge in [-0.3, -0.25) is 4.79 Å². The van der Waals surface area contributed by atoms with Crippen molar-refractivity contribution in [3.8, 4) is 11.8 Å². The van der Waals surface area contributed by atoms with E-state index >= 15 is 0 Å². The molecule has 0 aromatic heterocycles. The van der Waals surface area contributed by atoms with Gasteiger partial charge >= 0.3 is 0 Å². The number of epoxide rings is 1. The predicted molar refractivity (Wildman–Crippen MR) is 109 cm³/mol. The normalized spacial score (nSPS) is 49.7. The maximum absolute atomic E-state index is 13.7. The summed E-state index contributed by atoms with van der Waals surface area (Å²) >= 11 is 0. The van der Waals surface area contributed by atoms with Crippen molar-refractivity contribution < 1.29 is 19.4 Å². The number of carbonyl (C=O) groups excluding carboxylic acids is 1. The lowest BCUT2D eigenvalue weighted by Gasteiger charge is -2.52. The molecule has 1 aromatic carbocycles. The van der Waals surface area contributed by atoms with E-state index in [4.69, 9.17) is 9.47 Å². The lowest BCUT2D eigenvalue weighted by atomic mass is 9.51. The number of ether oxygens (including phenoxy) is 2. The standard InChI is InChI=1S/C25H27NO4/c1-22-9-3-4-10-23(22)11-12-24(22,15-5-7-16(29-2)8-6-15)17-18(27)19-21(30-19)25(28,13-14-26)20(17)23/h5-8,11-12,17,19-21,28H,3-4,9-10,13H2,1-2H3/t17-,19-,20+,21-,22+,23+,24-,25-/m1/s1. The van der Waals surface area contributed by atoms with E-state index in [1.54, 1.807) is 7.11 Å². The van der Waals surface area contributed by atoms with Crippen LogP contribution in [-0.2, 0) is 14.9 Å². The Kier molecular flexibility index (Phi) is 3.44. The molecule has 6 rings (SSSR count). The van der Waals surface area contributed by atoms with Crippen molar-refractivity contribution in [1.82, 2.24) is 0 Å². The van der Waals surface area contributed by atoms with Crippen molar-refractivity contribution in [3.63, 3.8) is 0 Å². The molecule has 1 saturated heterocycles. The molecule has 2 bridgehead atoms. The lowest BCUT2D eigenvalue weighted by Crippen LogP contribution is -2.59. The third kappa shape index (κ3) is 1.74. The largest absolute Gasteiger partial charge is 0.497 e. The summed E-state index contributed by atoms with van der Waals surface area (Å²) in [5.41, 5.74) is -1.16. The average Bonchev–Trinajstić information content (AvgIpc) is 3.49. The molecule has 4 fully saturated rings. The fraction of sp³-hybridized carbons (Fsp3) is 0.600. The number of hydrogen-bond donors (Lipinski definition) is 1. The Morgan fingerprint density at radius 3 is 2.67 bits per heavy atom. The highest BCUT2D eigenvalue weighted by Gasteiger charge is 2.85. The van der Waals surface area contributed by atoms with Gasteiger partial charge < -0.3 is 14.6 Å². The van der Waals surface area contributed by atoms with E-state index in [0.29, 0.717) is 0 Å². The van der Waals surface area contributed by atoms with Crippen LogP contribution in [0.3, 0.4) is 0 Å². The molecule has 156 valence electrons. The first-order valence-electron chi connectivity index (χ1n) is 11.0. The van der Waals surface area contributed by atoms with Crippen LogP contribution in [0.2, 0.25) is 0 Å². The summed E-state index contributed by atoms with van der Waals surface area (Å²) in [6, 6.07) is 10.3. The molecule has 1 heterocycles. The Bertz CT molecular complexity index is 1010. The summed E-state index contributed by atoms with van der Waals surface area (Å²) in [6.07, 6.45) is 7.61. The van der Waals surface area contributed by atoms with Crippen LogP contribution < -0.4 is 4.74 Å². The third-order valence-electron chi connectivity index (χ3n) is 9.52. The van der Waals surface area contributed by atoms with Gasteiger partial charge in [-0.2, -0.15) is 5.26 Å². The minimum Gasteiger partial charge on any atom is -0.497 e. The van der Waals surface area contributed by atoms with Gasteiger partial charge in [-0.15, -0.1) is 0 Å². The van der Waals surface area contributed by atoms with Gasteiger partial charge in [-0.25, -0.2) is 0 Å². The molecule has 5 nitrogen and oxygen atoms in total. The zero-order valence-electron chi connectivity index (χ0n) is 17.4. The van der Waals surface area contributed by atoms with Crippen molar-refractivity contribution in [2.75, 3.05) is 7.11 Å². The van der Waals surface area contributed by atoms with Crippen LogP contribution in [0.4, 0.5) is 0 Å². The number of nitriles is 1. The molecule has 0 radical (unpaired) electrons. The van der Waals surface area contributed by atoms with Crippen LogP contribution in [0.25, 0.3) is 0 Å². The van der Waals surface area contributed by atoms with Crippen LogP contribution >= 0.6 is 0 Å². The van der Waals surface area contributed by atoms with Crippen molar-refractivity contribution in [2.24, 2.45) is 22.7 Å². The number of benzene rings is 1. The molecule has 4 aliphatic carbocycles. The second-order valence-electron chi connectivity index (χ2n) is 10.2. The van der Waals surface area contributed by atoms with E-state index in [0.717, 1.165) is 37.0 Å². The van der Waals surface area contributed by atoms with E-state index in [-0.39, 0.29) is 34.9 Å². The van der Waals surface area contributed by atoms with Crippen LogP contribution in [0, 0.1) is 34.0 Å². The average molecular weight is 405 g/mol. The molecule has 1 aliphatic heterocycles. The van der Waals surface area contributed by atoms with Crippen molar-refractivity contribution in [3.05, 3.63) is 42.0 Å². The van der Waals surface area contributed by atoms with Crippen LogP contribution in [0.5, 0.6) is 5.75 Å². The Morgan fingerprint density at radius 1 is 1.23 bits per heavy atom. The van der Waals surface area contributed by atoms with Gasteiger partial charge in [0.15, 0.2) is 5.78 Å². The van der Waals surface area contributed by atoms with Crippen molar-refractivity contribution >= 4 is 5.78 Å². The van der Waals surface area contributed by atoms with Crippen molar-refractivity contribution in [2.45, 2.75) is 62.3 Å². The van der Waals surface area contributed by atoms with Gasteiger partial charge in [-0.1, -0.05) is 44.1 Å². The number of aliphatic hydroxyl groups is 1. The van der Waals surface area contributed by atoms with Crippen LogP contribution in [0.1, 0.15) is 44.6 Å². The first-order valence-corrected chi connectivity index (χ1v) is 11.0. The van der Waals surface area contributed by atoms with E-state index in [1.165, 1.54) is 0 Å². The fourth-order valence-electron chi connectivity index (χ4n) is 8.32. The van der Waals surface area contributed by atoms with Gasteiger partial charge in [0.05, 0.1) is 19.6 Å². The van der Waals surface area contributed by atoms with Gasteiger partial charge in [-0.05, 0) is 36.0 Å². The highest BCUT2D eigenvalue weighted by atomic mass is 16.6. The number of rotatable bonds is 3. The summed E-state index contributed by atoms with van der Waals surface area (Å²) in [5, 5.41) is 21.5. The second kappa shape index (κ2) is 5.55. The molecule has 1 N–H and O–H groups in total. The van der Waals surface area contributed by atoms with Crippen LogP contribution in [-0.4, -0.2) is 35.8 Å². The Labute approximate surface area is 176 Å². The summed E-state index contributed by atoms with van der Waals surface area (Å²) in [7, 11) is 1.65. The Balaban J connectivity index is 1.63. The summed E-state index contributed by atoms with van der Waals surface area (Å²) < 4.78 is 11.1. The van der Waals surface area contributed by atoms with Crippen molar-refractivity contribution in [1.29, 1.82) is 5.26 Å². The maximum Gasteiger partial charge on any atom is 0.169 e. The highest BCUT2D eigenvalue weighted by molar-refractivity contribution is 5.94. The highest BCUT2D eigenvalue weighted by Crippen LogP contribution is 2.81. The molecular formula is C25H27NO4. The molecule has 3 saturated carbocycles. The summed E-state index contributed by atoms with van der Waals surface area (Å²) in [6.45, 7) is 2.32. The number of ketones is 1. The molecule has 0 amide bonds. The van der Waals surface area contributed by atoms with Gasteiger partial charge in [0.25, 0.3) is 0 Å². The number of Topliss-reactive ketones (excluding diaryl/α,β-unsaturated/α-hetero) is 1. The molecule has 0 unspecified atom stereocenters. The number of hydrogen-bond acceptors (Lipinski definition) is 5.